The first-order valence-electron chi connectivity index (χ1n) is 8.06. The summed E-state index contributed by atoms with van der Waals surface area (Å²) in [5.74, 6) is -1.17. The minimum Gasteiger partial charge on any atom is -0.339 e. The molecule has 25 heavy (non-hydrogen) atoms. The number of aromatic amines is 1. The van der Waals surface area contributed by atoms with Crippen LogP contribution in [0, 0.1) is 11.6 Å². The number of carbonyl (C=O) groups is 1. The van der Waals surface area contributed by atoms with E-state index >= 15 is 0 Å². The first-order chi connectivity index (χ1) is 12.1. The Morgan fingerprint density at radius 2 is 1.80 bits per heavy atom. The zero-order valence-electron chi connectivity index (χ0n) is 13.4. The number of H-pyrrole nitrogens is 1. The molecular formula is C18H16F2N4O. The van der Waals surface area contributed by atoms with Gasteiger partial charge in [-0.3, -0.25) is 4.79 Å². The molecule has 7 heteroatoms. The van der Waals surface area contributed by atoms with E-state index in [0.29, 0.717) is 26.2 Å². The van der Waals surface area contributed by atoms with Gasteiger partial charge in [-0.05, 0) is 24.3 Å². The zero-order chi connectivity index (χ0) is 17.4. The molecule has 1 saturated heterocycles. The van der Waals surface area contributed by atoms with Crippen LogP contribution in [-0.4, -0.2) is 47.0 Å². The molecule has 0 saturated carbocycles. The number of hydrogen-bond donors (Lipinski definition) is 1. The molecule has 2 heterocycles. The Hall–Kier alpha value is -2.96. The quantitative estimate of drug-likeness (QED) is 0.779. The first-order valence-corrected chi connectivity index (χ1v) is 8.06. The highest BCUT2D eigenvalue weighted by atomic mass is 19.1. The monoisotopic (exact) mass is 342 g/mol. The van der Waals surface area contributed by atoms with Crippen molar-refractivity contribution in [3.8, 4) is 0 Å². The number of fused-ring (bicyclic) bond motifs is 1. The number of nitrogens with one attached hydrogen (secondary N) is 1. The number of rotatable bonds is 2. The molecule has 1 aromatic heterocycles. The van der Waals surface area contributed by atoms with Crippen molar-refractivity contribution in [3.63, 3.8) is 0 Å². The van der Waals surface area contributed by atoms with Gasteiger partial charge in [-0.25, -0.2) is 13.8 Å². The lowest BCUT2D eigenvalue weighted by Crippen LogP contribution is -2.49. The van der Waals surface area contributed by atoms with Crippen LogP contribution in [0.2, 0.25) is 0 Å². The largest absolute Gasteiger partial charge is 0.339 e. The van der Waals surface area contributed by atoms with Crippen LogP contribution >= 0.6 is 0 Å². The molecule has 0 unspecified atom stereocenters. The second kappa shape index (κ2) is 6.16. The van der Waals surface area contributed by atoms with Crippen molar-refractivity contribution in [2.75, 3.05) is 31.1 Å². The standard InChI is InChI=1S/C18H16F2N4O/c19-12-5-6-13(14(20)11-12)17(25)23-7-9-24(10-8-23)18-21-15-3-1-2-4-16(15)22-18/h1-6,11H,7-10H2,(H,21,22). The molecule has 5 nitrogen and oxygen atoms in total. The van der Waals surface area contributed by atoms with Crippen molar-refractivity contribution in [3.05, 3.63) is 59.7 Å². The lowest BCUT2D eigenvalue weighted by molar-refractivity contribution is 0.0741. The highest BCUT2D eigenvalue weighted by molar-refractivity contribution is 5.94. The Balaban J connectivity index is 1.46. The van der Waals surface area contributed by atoms with E-state index < -0.39 is 17.5 Å². The van der Waals surface area contributed by atoms with E-state index in [1.165, 1.54) is 6.07 Å². The Morgan fingerprint density at radius 1 is 1.04 bits per heavy atom. The summed E-state index contributed by atoms with van der Waals surface area (Å²) in [6.45, 7) is 2.09. The van der Waals surface area contributed by atoms with Crippen LogP contribution in [0.15, 0.2) is 42.5 Å². The summed E-state index contributed by atoms with van der Waals surface area (Å²) >= 11 is 0. The van der Waals surface area contributed by atoms with Crippen LogP contribution in [0.3, 0.4) is 0 Å². The highest BCUT2D eigenvalue weighted by Gasteiger charge is 2.25. The molecule has 0 bridgehead atoms. The van der Waals surface area contributed by atoms with Crippen molar-refractivity contribution in [2.24, 2.45) is 0 Å². The van der Waals surface area contributed by atoms with Gasteiger partial charge in [0.25, 0.3) is 5.91 Å². The Labute approximate surface area is 142 Å². The van der Waals surface area contributed by atoms with Crippen LogP contribution < -0.4 is 4.90 Å². The Bertz CT molecular complexity index is 899. The van der Waals surface area contributed by atoms with Gasteiger partial charge in [-0.2, -0.15) is 0 Å². The second-order valence-electron chi connectivity index (χ2n) is 5.98. The number of aromatic nitrogens is 2. The summed E-state index contributed by atoms with van der Waals surface area (Å²) in [5, 5.41) is 0. The topological polar surface area (TPSA) is 52.2 Å². The molecule has 2 aromatic carbocycles. The molecule has 0 aliphatic carbocycles. The van der Waals surface area contributed by atoms with Gasteiger partial charge in [0.1, 0.15) is 11.6 Å². The average Bonchev–Trinajstić information content (AvgIpc) is 3.05. The zero-order valence-corrected chi connectivity index (χ0v) is 13.4. The third kappa shape index (κ3) is 2.93. The number of para-hydroxylation sites is 2. The van der Waals surface area contributed by atoms with Crippen LogP contribution in [-0.2, 0) is 0 Å². The summed E-state index contributed by atoms with van der Waals surface area (Å²) < 4.78 is 26.8. The number of imidazole rings is 1. The number of amides is 1. The first kappa shape index (κ1) is 15.6. The van der Waals surface area contributed by atoms with Gasteiger partial charge in [-0.15, -0.1) is 0 Å². The number of halogens is 2. The van der Waals surface area contributed by atoms with Crippen LogP contribution in [0.5, 0.6) is 0 Å². The number of piperazine rings is 1. The number of anilines is 1. The number of nitrogens with zero attached hydrogens (tertiary/aromatic N) is 3. The van der Waals surface area contributed by atoms with Crippen LogP contribution in [0.4, 0.5) is 14.7 Å². The molecular weight excluding hydrogens is 326 g/mol. The van der Waals surface area contributed by atoms with Crippen molar-refractivity contribution in [2.45, 2.75) is 0 Å². The van der Waals surface area contributed by atoms with Crippen molar-refractivity contribution in [1.29, 1.82) is 0 Å². The fourth-order valence-corrected chi connectivity index (χ4v) is 3.04. The molecule has 1 N–H and O–H groups in total. The fraction of sp³-hybridized carbons (Fsp3) is 0.222. The van der Waals surface area contributed by atoms with Crippen molar-refractivity contribution < 1.29 is 13.6 Å². The molecule has 1 aliphatic heterocycles. The SMILES string of the molecule is O=C(c1ccc(F)cc1F)N1CCN(c2nc3ccccc3[nH]2)CC1. The minimum atomic E-state index is -0.829. The lowest BCUT2D eigenvalue weighted by atomic mass is 10.1. The molecule has 1 aliphatic rings. The van der Waals surface area contributed by atoms with E-state index in [4.69, 9.17) is 0 Å². The van der Waals surface area contributed by atoms with Crippen LogP contribution in [0.1, 0.15) is 10.4 Å². The van der Waals surface area contributed by atoms with Crippen LogP contribution in [0.25, 0.3) is 11.0 Å². The van der Waals surface area contributed by atoms with Gasteiger partial charge in [0.05, 0.1) is 16.6 Å². The van der Waals surface area contributed by atoms with Gasteiger partial charge in [0.15, 0.2) is 0 Å². The predicted octanol–water partition coefficient (Wildman–Crippen LogP) is 2.80. The predicted molar refractivity (Wildman–Crippen MR) is 90.6 cm³/mol. The van der Waals surface area contributed by atoms with Gasteiger partial charge in [-0.1, -0.05) is 12.1 Å². The number of benzene rings is 2. The van der Waals surface area contributed by atoms with E-state index in [1.54, 1.807) is 4.90 Å². The number of carbonyl (C=O) groups excluding carboxylic acids is 1. The van der Waals surface area contributed by atoms with Crippen molar-refractivity contribution in [1.82, 2.24) is 14.9 Å². The summed E-state index contributed by atoms with van der Waals surface area (Å²) in [6.07, 6.45) is 0. The average molecular weight is 342 g/mol. The summed E-state index contributed by atoms with van der Waals surface area (Å²) in [6, 6.07) is 10.8. The van der Waals surface area contributed by atoms with E-state index in [9.17, 15) is 13.6 Å². The summed E-state index contributed by atoms with van der Waals surface area (Å²) in [7, 11) is 0. The molecule has 0 atom stereocenters. The molecule has 0 spiro atoms. The van der Waals surface area contributed by atoms with Gasteiger partial charge in [0, 0.05) is 32.2 Å². The summed E-state index contributed by atoms with van der Waals surface area (Å²) in [5.41, 5.74) is 1.76. The third-order valence-corrected chi connectivity index (χ3v) is 4.40. The smallest absolute Gasteiger partial charge is 0.256 e. The van der Waals surface area contributed by atoms with E-state index in [0.717, 1.165) is 29.1 Å². The fourth-order valence-electron chi connectivity index (χ4n) is 3.04. The van der Waals surface area contributed by atoms with E-state index in [-0.39, 0.29) is 5.56 Å². The van der Waals surface area contributed by atoms with Crippen molar-refractivity contribution >= 4 is 22.9 Å². The van der Waals surface area contributed by atoms with E-state index in [1.807, 2.05) is 24.3 Å². The highest BCUT2D eigenvalue weighted by Crippen LogP contribution is 2.19. The lowest BCUT2D eigenvalue weighted by Gasteiger charge is -2.34. The molecule has 3 aromatic rings. The molecule has 1 fully saturated rings. The third-order valence-electron chi connectivity index (χ3n) is 4.40. The second-order valence-corrected chi connectivity index (χ2v) is 5.98. The maximum Gasteiger partial charge on any atom is 0.256 e. The Kier molecular flexibility index (Phi) is 3.83. The maximum atomic E-state index is 13.8. The van der Waals surface area contributed by atoms with Gasteiger partial charge < -0.3 is 14.8 Å². The normalized spacial score (nSPS) is 15.0. The molecule has 0 radical (unpaired) electrons. The van der Waals surface area contributed by atoms with E-state index in [2.05, 4.69) is 14.9 Å². The maximum absolute atomic E-state index is 13.8. The molecule has 1 amide bonds. The Morgan fingerprint density at radius 3 is 2.52 bits per heavy atom. The molecule has 128 valence electrons. The summed E-state index contributed by atoms with van der Waals surface area (Å²) in [4.78, 5) is 23.9. The number of hydrogen-bond acceptors (Lipinski definition) is 3. The van der Waals surface area contributed by atoms with Gasteiger partial charge >= 0.3 is 0 Å². The minimum absolute atomic E-state index is 0.0985. The van der Waals surface area contributed by atoms with Gasteiger partial charge in [0.2, 0.25) is 5.95 Å². The molecule has 4 rings (SSSR count).